The van der Waals surface area contributed by atoms with Crippen molar-refractivity contribution in [2.24, 2.45) is 11.8 Å². The fourth-order valence-corrected chi connectivity index (χ4v) is 5.46. The number of benzene rings is 2. The van der Waals surface area contributed by atoms with Crippen molar-refractivity contribution < 1.29 is 19.2 Å². The molecule has 37 heavy (non-hydrogen) atoms. The summed E-state index contributed by atoms with van der Waals surface area (Å²) in [6.07, 6.45) is 5.12. The van der Waals surface area contributed by atoms with E-state index in [-0.39, 0.29) is 61.4 Å². The van der Waals surface area contributed by atoms with Gasteiger partial charge in [-0.2, -0.15) is 0 Å². The lowest BCUT2D eigenvalue weighted by Crippen LogP contribution is -2.50. The Morgan fingerprint density at radius 3 is 2.27 bits per heavy atom. The predicted octanol–water partition coefficient (Wildman–Crippen LogP) is 4.02. The third-order valence-electron chi connectivity index (χ3n) is 7.02. The van der Waals surface area contributed by atoms with Crippen LogP contribution in [-0.4, -0.2) is 53.1 Å². The quantitative estimate of drug-likeness (QED) is 0.383. The Labute approximate surface area is 226 Å². The van der Waals surface area contributed by atoms with Crippen LogP contribution in [0.4, 0.5) is 0 Å². The molecule has 2 aromatic rings. The Morgan fingerprint density at radius 2 is 1.68 bits per heavy atom. The minimum atomic E-state index is -0.830. The highest BCUT2D eigenvalue weighted by Gasteiger charge is 2.47. The van der Waals surface area contributed by atoms with Gasteiger partial charge in [0.1, 0.15) is 6.04 Å². The third-order valence-corrected chi connectivity index (χ3v) is 7.61. The molecule has 194 valence electrons. The predicted molar refractivity (Wildman–Crippen MR) is 142 cm³/mol. The Balaban J connectivity index is 1.58. The van der Waals surface area contributed by atoms with Gasteiger partial charge in [0.25, 0.3) is 0 Å². The molecule has 4 amide bonds. The van der Waals surface area contributed by atoms with Crippen molar-refractivity contribution in [3.63, 3.8) is 0 Å². The maximum absolute atomic E-state index is 13.7. The molecule has 2 aliphatic rings. The SMILES string of the molecule is CNC(=O)[C@@H](Cc1ccccc1)N(Cc1ccc(Cl)cc1Cl)C(=O)CCN1C(=O)[C@H]2CC=CC[C@H]2C1=O. The molecule has 3 atom stereocenters. The van der Waals surface area contributed by atoms with E-state index in [4.69, 9.17) is 23.2 Å². The highest BCUT2D eigenvalue weighted by atomic mass is 35.5. The average molecular weight is 542 g/mol. The molecule has 1 aliphatic heterocycles. The molecule has 1 aliphatic carbocycles. The molecule has 4 rings (SSSR count). The first-order chi connectivity index (χ1) is 17.8. The van der Waals surface area contributed by atoms with E-state index < -0.39 is 6.04 Å². The van der Waals surface area contributed by atoms with Crippen LogP contribution in [0, 0.1) is 11.8 Å². The van der Waals surface area contributed by atoms with Crippen LogP contribution in [-0.2, 0) is 32.1 Å². The van der Waals surface area contributed by atoms with Crippen molar-refractivity contribution in [2.45, 2.75) is 38.3 Å². The number of nitrogens with one attached hydrogen (secondary N) is 1. The molecular formula is C28H29Cl2N3O4. The van der Waals surface area contributed by atoms with Gasteiger partial charge < -0.3 is 10.2 Å². The van der Waals surface area contributed by atoms with Gasteiger partial charge in [-0.05, 0) is 36.1 Å². The number of imide groups is 1. The normalized spacial score (nSPS) is 19.5. The molecule has 1 heterocycles. The monoisotopic (exact) mass is 541 g/mol. The van der Waals surface area contributed by atoms with Gasteiger partial charge in [0.2, 0.25) is 23.6 Å². The van der Waals surface area contributed by atoms with Gasteiger partial charge in [-0.1, -0.05) is 71.8 Å². The van der Waals surface area contributed by atoms with Crippen molar-refractivity contribution in [3.05, 3.63) is 81.9 Å². The summed E-state index contributed by atoms with van der Waals surface area (Å²) in [5.74, 6) is -1.85. The topological polar surface area (TPSA) is 86.8 Å². The molecule has 0 spiro atoms. The number of likely N-dealkylation sites (N-methyl/N-ethyl adjacent to an activating group) is 1. The van der Waals surface area contributed by atoms with E-state index in [0.29, 0.717) is 28.5 Å². The Kier molecular flexibility index (Phi) is 8.67. The van der Waals surface area contributed by atoms with Crippen molar-refractivity contribution in [3.8, 4) is 0 Å². The zero-order valence-electron chi connectivity index (χ0n) is 20.5. The number of allylic oxidation sites excluding steroid dienone is 2. The lowest BCUT2D eigenvalue weighted by Gasteiger charge is -2.32. The standard InChI is InChI=1S/C28H29Cl2N3O4/c1-31-26(35)24(15-18-7-3-2-4-8-18)33(17-19-11-12-20(29)16-23(19)30)25(34)13-14-32-27(36)21-9-5-6-10-22(21)28(32)37/h2-8,11-12,16,21-22,24H,9-10,13-15,17H2,1H3,(H,31,35)/t21-,22+,24-/m1/s1. The number of carbonyl (C=O) groups excluding carboxylic acids is 4. The largest absolute Gasteiger partial charge is 0.357 e. The lowest BCUT2D eigenvalue weighted by molar-refractivity contribution is -0.144. The first-order valence-corrected chi connectivity index (χ1v) is 13.0. The number of rotatable bonds is 9. The zero-order valence-corrected chi connectivity index (χ0v) is 22.0. The maximum Gasteiger partial charge on any atom is 0.242 e. The number of hydrogen-bond donors (Lipinski definition) is 1. The van der Waals surface area contributed by atoms with Crippen LogP contribution >= 0.6 is 23.2 Å². The second-order valence-corrected chi connectivity index (χ2v) is 10.2. The second-order valence-electron chi connectivity index (χ2n) is 9.31. The van der Waals surface area contributed by atoms with E-state index in [9.17, 15) is 19.2 Å². The molecule has 7 nitrogen and oxygen atoms in total. The van der Waals surface area contributed by atoms with Crippen molar-refractivity contribution >= 4 is 46.8 Å². The van der Waals surface area contributed by atoms with Crippen LogP contribution in [0.25, 0.3) is 0 Å². The molecule has 1 fully saturated rings. The van der Waals surface area contributed by atoms with Crippen molar-refractivity contribution in [1.82, 2.24) is 15.1 Å². The van der Waals surface area contributed by atoms with Gasteiger partial charge in [-0.3, -0.25) is 24.1 Å². The van der Waals surface area contributed by atoms with Gasteiger partial charge in [0.15, 0.2) is 0 Å². The van der Waals surface area contributed by atoms with Crippen LogP contribution in [0.1, 0.15) is 30.4 Å². The van der Waals surface area contributed by atoms with Gasteiger partial charge in [-0.15, -0.1) is 0 Å². The first-order valence-electron chi connectivity index (χ1n) is 12.3. The number of nitrogens with zero attached hydrogens (tertiary/aromatic N) is 2. The molecule has 2 aromatic carbocycles. The summed E-state index contributed by atoms with van der Waals surface area (Å²) < 4.78 is 0. The highest BCUT2D eigenvalue weighted by molar-refractivity contribution is 6.35. The molecule has 0 aromatic heterocycles. The van der Waals surface area contributed by atoms with Gasteiger partial charge in [0, 0.05) is 43.0 Å². The van der Waals surface area contributed by atoms with E-state index in [1.54, 1.807) is 18.2 Å². The number of fused-ring (bicyclic) bond motifs is 1. The summed E-state index contributed by atoms with van der Waals surface area (Å²) in [7, 11) is 1.52. The van der Waals surface area contributed by atoms with E-state index >= 15 is 0 Å². The molecule has 0 saturated carbocycles. The zero-order chi connectivity index (χ0) is 26.5. The smallest absolute Gasteiger partial charge is 0.242 e. The number of halogens is 2. The molecule has 1 N–H and O–H groups in total. The summed E-state index contributed by atoms with van der Waals surface area (Å²) in [4.78, 5) is 55.2. The fourth-order valence-electron chi connectivity index (χ4n) is 4.99. The van der Waals surface area contributed by atoms with Gasteiger partial charge >= 0.3 is 0 Å². The van der Waals surface area contributed by atoms with Crippen LogP contribution < -0.4 is 5.32 Å². The summed E-state index contributed by atoms with van der Waals surface area (Å²) in [5.41, 5.74) is 1.52. The van der Waals surface area contributed by atoms with E-state index in [1.807, 2.05) is 42.5 Å². The highest BCUT2D eigenvalue weighted by Crippen LogP contribution is 2.35. The summed E-state index contributed by atoms with van der Waals surface area (Å²) in [5, 5.41) is 3.50. The van der Waals surface area contributed by atoms with Crippen LogP contribution in [0.3, 0.4) is 0 Å². The molecule has 9 heteroatoms. The molecule has 1 saturated heterocycles. The van der Waals surface area contributed by atoms with Gasteiger partial charge in [-0.25, -0.2) is 0 Å². The van der Waals surface area contributed by atoms with Crippen molar-refractivity contribution in [2.75, 3.05) is 13.6 Å². The number of amides is 4. The number of likely N-dealkylation sites (tertiary alicyclic amines) is 1. The van der Waals surface area contributed by atoms with Crippen molar-refractivity contribution in [1.29, 1.82) is 0 Å². The average Bonchev–Trinajstić information content (AvgIpc) is 3.15. The lowest BCUT2D eigenvalue weighted by atomic mass is 9.85. The Morgan fingerprint density at radius 1 is 1.03 bits per heavy atom. The summed E-state index contributed by atoms with van der Waals surface area (Å²) >= 11 is 12.5. The second kappa shape index (κ2) is 11.9. The van der Waals surface area contributed by atoms with Gasteiger partial charge in [0.05, 0.1) is 11.8 Å². The molecular weight excluding hydrogens is 513 g/mol. The number of hydrogen-bond acceptors (Lipinski definition) is 4. The first kappa shape index (κ1) is 26.9. The van der Waals surface area contributed by atoms with E-state index in [1.165, 1.54) is 16.8 Å². The summed E-state index contributed by atoms with van der Waals surface area (Å²) in [6, 6.07) is 13.6. The van der Waals surface area contributed by atoms with Crippen LogP contribution in [0.2, 0.25) is 10.0 Å². The summed E-state index contributed by atoms with van der Waals surface area (Å²) in [6.45, 7) is 0.0387. The maximum atomic E-state index is 13.7. The minimum absolute atomic E-state index is 0.0276. The van der Waals surface area contributed by atoms with Crippen LogP contribution in [0.15, 0.2) is 60.7 Å². The fraction of sp³-hybridized carbons (Fsp3) is 0.357. The molecule has 0 bridgehead atoms. The van der Waals surface area contributed by atoms with E-state index in [0.717, 1.165) is 5.56 Å². The number of carbonyl (C=O) groups is 4. The van der Waals surface area contributed by atoms with E-state index in [2.05, 4.69) is 5.32 Å². The molecule has 0 radical (unpaired) electrons. The molecule has 0 unspecified atom stereocenters. The Hall–Kier alpha value is -3.16. The minimum Gasteiger partial charge on any atom is -0.357 e. The Bertz CT molecular complexity index is 1190. The third kappa shape index (κ3) is 6.05. The van der Waals surface area contributed by atoms with Crippen LogP contribution in [0.5, 0.6) is 0 Å².